The van der Waals surface area contributed by atoms with Crippen molar-refractivity contribution in [3.63, 3.8) is 0 Å². The molecular formula is C13H17IN2O2. The molecule has 0 spiro atoms. The molecule has 0 fully saturated rings. The van der Waals surface area contributed by atoms with Crippen LogP contribution < -0.4 is 5.32 Å². The molecule has 0 heterocycles. The van der Waals surface area contributed by atoms with Crippen molar-refractivity contribution >= 4 is 34.4 Å². The minimum Gasteiger partial charge on any atom is -0.359 e. The first-order valence-corrected chi connectivity index (χ1v) is 6.76. The molecule has 0 saturated carbocycles. The molecule has 1 aromatic carbocycles. The normalized spacial score (nSPS) is 11.8. The van der Waals surface area contributed by atoms with Gasteiger partial charge in [0.2, 0.25) is 5.91 Å². The van der Waals surface area contributed by atoms with Crippen molar-refractivity contribution in [1.29, 1.82) is 0 Å². The molecule has 4 nitrogen and oxygen atoms in total. The second kappa shape index (κ2) is 6.72. The van der Waals surface area contributed by atoms with Gasteiger partial charge in [-0.15, -0.1) is 0 Å². The summed E-state index contributed by atoms with van der Waals surface area (Å²) in [6, 6.07) is 7.38. The van der Waals surface area contributed by atoms with E-state index in [4.69, 9.17) is 0 Å². The van der Waals surface area contributed by atoms with Crippen LogP contribution in [0.1, 0.15) is 17.3 Å². The Kier molecular flexibility index (Phi) is 5.58. The predicted molar refractivity (Wildman–Crippen MR) is 79.4 cm³/mol. The van der Waals surface area contributed by atoms with Crippen molar-refractivity contribution in [1.82, 2.24) is 10.2 Å². The summed E-state index contributed by atoms with van der Waals surface area (Å²) in [5, 5.41) is 2.58. The maximum Gasteiger partial charge on any atom is 0.253 e. The van der Waals surface area contributed by atoms with Crippen molar-refractivity contribution in [3.05, 3.63) is 33.4 Å². The lowest BCUT2D eigenvalue weighted by atomic mass is 10.1. The number of nitrogens with one attached hydrogen (secondary N) is 1. The lowest BCUT2D eigenvalue weighted by molar-refractivity contribution is -0.124. The molecule has 0 aliphatic rings. The first-order chi connectivity index (χ1) is 8.45. The smallest absolute Gasteiger partial charge is 0.253 e. The number of hydrogen-bond donors (Lipinski definition) is 1. The first kappa shape index (κ1) is 14.9. The van der Waals surface area contributed by atoms with Crippen LogP contribution in [0.2, 0.25) is 0 Å². The number of benzene rings is 1. The summed E-state index contributed by atoms with van der Waals surface area (Å²) >= 11 is 2.19. The molecule has 0 radical (unpaired) electrons. The highest BCUT2D eigenvalue weighted by Gasteiger charge is 2.18. The van der Waals surface area contributed by atoms with Gasteiger partial charge in [0.1, 0.15) is 0 Å². The van der Waals surface area contributed by atoms with Gasteiger partial charge >= 0.3 is 0 Å². The van der Waals surface area contributed by atoms with Crippen molar-refractivity contribution in [2.24, 2.45) is 5.92 Å². The summed E-state index contributed by atoms with van der Waals surface area (Å²) in [6.45, 7) is 2.21. The van der Waals surface area contributed by atoms with E-state index >= 15 is 0 Å². The molecule has 1 unspecified atom stereocenters. The number of carbonyl (C=O) groups is 2. The van der Waals surface area contributed by atoms with Crippen LogP contribution in [0, 0.1) is 9.49 Å². The van der Waals surface area contributed by atoms with Gasteiger partial charge in [0.05, 0.1) is 5.92 Å². The summed E-state index contributed by atoms with van der Waals surface area (Å²) in [4.78, 5) is 25.1. The van der Waals surface area contributed by atoms with Gasteiger partial charge in [-0.3, -0.25) is 9.59 Å². The van der Waals surface area contributed by atoms with E-state index in [9.17, 15) is 9.59 Å². The van der Waals surface area contributed by atoms with Gasteiger partial charge in [-0.1, -0.05) is 6.92 Å². The molecule has 1 rings (SSSR count). The van der Waals surface area contributed by atoms with Crippen LogP contribution in [0.5, 0.6) is 0 Å². The lowest BCUT2D eigenvalue weighted by Gasteiger charge is -2.20. The molecule has 18 heavy (non-hydrogen) atoms. The Balaban J connectivity index is 2.67. The number of halogens is 1. The van der Waals surface area contributed by atoms with Gasteiger partial charge in [-0.2, -0.15) is 0 Å². The van der Waals surface area contributed by atoms with E-state index in [0.29, 0.717) is 12.1 Å². The quantitative estimate of drug-likeness (QED) is 0.832. The molecule has 1 aromatic rings. The van der Waals surface area contributed by atoms with Gasteiger partial charge in [0, 0.05) is 29.8 Å². The van der Waals surface area contributed by atoms with Crippen LogP contribution in [-0.2, 0) is 4.79 Å². The van der Waals surface area contributed by atoms with E-state index in [1.54, 1.807) is 38.1 Å². The molecule has 2 amide bonds. The van der Waals surface area contributed by atoms with Crippen molar-refractivity contribution in [2.75, 3.05) is 20.6 Å². The highest BCUT2D eigenvalue weighted by atomic mass is 127. The van der Waals surface area contributed by atoms with E-state index in [2.05, 4.69) is 27.9 Å². The molecule has 5 heteroatoms. The van der Waals surface area contributed by atoms with E-state index in [1.807, 2.05) is 12.1 Å². The fourth-order valence-electron chi connectivity index (χ4n) is 1.64. The average molecular weight is 360 g/mol. The van der Waals surface area contributed by atoms with E-state index in [-0.39, 0.29) is 17.7 Å². The Morgan fingerprint density at radius 3 is 2.39 bits per heavy atom. The summed E-state index contributed by atoms with van der Waals surface area (Å²) < 4.78 is 1.09. The summed E-state index contributed by atoms with van der Waals surface area (Å²) in [6.07, 6.45) is 0. The Bertz CT molecular complexity index is 431. The third-order valence-corrected chi connectivity index (χ3v) is 3.40. The Morgan fingerprint density at radius 1 is 1.33 bits per heavy atom. The summed E-state index contributed by atoms with van der Waals surface area (Å²) in [7, 11) is 3.31. The van der Waals surface area contributed by atoms with Crippen molar-refractivity contribution in [3.8, 4) is 0 Å². The standard InChI is InChI=1S/C13H17IN2O2/c1-9(12(17)15-2)8-16(3)13(18)10-4-6-11(14)7-5-10/h4-7,9H,8H2,1-3H3,(H,15,17). The molecule has 98 valence electrons. The van der Waals surface area contributed by atoms with Gasteiger partial charge in [0.25, 0.3) is 5.91 Å². The van der Waals surface area contributed by atoms with Crippen molar-refractivity contribution < 1.29 is 9.59 Å². The van der Waals surface area contributed by atoms with Crippen LogP contribution in [0.25, 0.3) is 0 Å². The fraction of sp³-hybridized carbons (Fsp3) is 0.385. The minimum absolute atomic E-state index is 0.0581. The Labute approximate surface area is 121 Å². The van der Waals surface area contributed by atoms with Gasteiger partial charge in [-0.25, -0.2) is 0 Å². The monoisotopic (exact) mass is 360 g/mol. The average Bonchev–Trinajstić information content (AvgIpc) is 2.37. The maximum absolute atomic E-state index is 12.1. The number of nitrogens with zero attached hydrogens (tertiary/aromatic N) is 1. The number of rotatable bonds is 4. The van der Waals surface area contributed by atoms with Crippen LogP contribution in [0.4, 0.5) is 0 Å². The third-order valence-electron chi connectivity index (χ3n) is 2.68. The number of carbonyl (C=O) groups excluding carboxylic acids is 2. The molecule has 0 bridgehead atoms. The molecule has 1 N–H and O–H groups in total. The number of amides is 2. The first-order valence-electron chi connectivity index (χ1n) is 5.68. The topological polar surface area (TPSA) is 49.4 Å². The second-order valence-electron chi connectivity index (χ2n) is 4.21. The molecule has 0 aromatic heterocycles. The van der Waals surface area contributed by atoms with E-state index < -0.39 is 0 Å². The zero-order valence-corrected chi connectivity index (χ0v) is 12.9. The van der Waals surface area contributed by atoms with Gasteiger partial charge < -0.3 is 10.2 Å². The lowest BCUT2D eigenvalue weighted by Crippen LogP contribution is -2.37. The Hall–Kier alpha value is -1.11. The van der Waals surface area contributed by atoms with Crippen LogP contribution in [-0.4, -0.2) is 37.4 Å². The largest absolute Gasteiger partial charge is 0.359 e. The van der Waals surface area contributed by atoms with Crippen LogP contribution >= 0.6 is 22.6 Å². The number of hydrogen-bond acceptors (Lipinski definition) is 2. The molecule has 0 saturated heterocycles. The summed E-state index contributed by atoms with van der Waals surface area (Å²) in [5.41, 5.74) is 0.641. The van der Waals surface area contributed by atoms with E-state index in [0.717, 1.165) is 3.57 Å². The fourth-order valence-corrected chi connectivity index (χ4v) is 2.00. The SMILES string of the molecule is CNC(=O)C(C)CN(C)C(=O)c1ccc(I)cc1. The van der Waals surface area contributed by atoms with Gasteiger partial charge in [0.15, 0.2) is 0 Å². The third kappa shape index (κ3) is 3.97. The Morgan fingerprint density at radius 2 is 1.89 bits per heavy atom. The highest BCUT2D eigenvalue weighted by Crippen LogP contribution is 2.10. The van der Waals surface area contributed by atoms with Gasteiger partial charge in [-0.05, 0) is 46.9 Å². The van der Waals surface area contributed by atoms with E-state index in [1.165, 1.54) is 0 Å². The molecule has 1 atom stereocenters. The molecule has 0 aliphatic carbocycles. The zero-order chi connectivity index (χ0) is 13.7. The predicted octanol–water partition coefficient (Wildman–Crippen LogP) is 1.75. The zero-order valence-electron chi connectivity index (χ0n) is 10.7. The second-order valence-corrected chi connectivity index (χ2v) is 5.45. The minimum atomic E-state index is -0.215. The van der Waals surface area contributed by atoms with Crippen molar-refractivity contribution in [2.45, 2.75) is 6.92 Å². The molecule has 0 aliphatic heterocycles. The van der Waals surface area contributed by atoms with Crippen LogP contribution in [0.15, 0.2) is 24.3 Å². The summed E-state index contributed by atoms with van der Waals surface area (Å²) in [5.74, 6) is -0.341. The maximum atomic E-state index is 12.1. The highest BCUT2D eigenvalue weighted by molar-refractivity contribution is 14.1. The molecular weight excluding hydrogens is 343 g/mol. The van der Waals surface area contributed by atoms with Crippen LogP contribution in [0.3, 0.4) is 0 Å².